The third-order valence-corrected chi connectivity index (χ3v) is 4.47. The van der Waals surface area contributed by atoms with Crippen molar-refractivity contribution in [1.82, 2.24) is 10.6 Å². The van der Waals surface area contributed by atoms with Crippen LogP contribution < -0.4 is 24.8 Å². The lowest BCUT2D eigenvalue weighted by atomic mass is 10.0. The van der Waals surface area contributed by atoms with E-state index >= 15 is 0 Å². The van der Waals surface area contributed by atoms with Gasteiger partial charge in [-0.2, -0.15) is 0 Å². The first-order valence-corrected chi connectivity index (χ1v) is 9.09. The van der Waals surface area contributed by atoms with E-state index in [1.54, 1.807) is 24.3 Å². The summed E-state index contributed by atoms with van der Waals surface area (Å²) in [5.41, 5.74) is 1.33. The van der Waals surface area contributed by atoms with E-state index in [4.69, 9.17) is 14.2 Å². The first-order chi connectivity index (χ1) is 13.5. The number of carbonyl (C=O) groups is 2. The second-order valence-electron chi connectivity index (χ2n) is 6.83. The van der Waals surface area contributed by atoms with Crippen molar-refractivity contribution in [3.63, 3.8) is 0 Å². The Labute approximate surface area is 164 Å². The van der Waals surface area contributed by atoms with Gasteiger partial charge in [0, 0.05) is 12.1 Å². The number of benzene rings is 2. The topological polar surface area (TPSA) is 85.9 Å². The molecule has 1 aliphatic heterocycles. The molecule has 0 unspecified atom stereocenters. The van der Waals surface area contributed by atoms with Gasteiger partial charge in [-0.15, -0.1) is 0 Å². The zero-order chi connectivity index (χ0) is 20.1. The van der Waals surface area contributed by atoms with Crippen LogP contribution in [0.4, 0.5) is 0 Å². The van der Waals surface area contributed by atoms with Gasteiger partial charge < -0.3 is 24.8 Å². The highest BCUT2D eigenvalue weighted by molar-refractivity contribution is 5.97. The van der Waals surface area contributed by atoms with Crippen molar-refractivity contribution in [3.8, 4) is 17.2 Å². The number of methoxy groups -OCH3 is 1. The van der Waals surface area contributed by atoms with Gasteiger partial charge in [0.1, 0.15) is 11.8 Å². The normalized spacial score (nSPS) is 13.1. The van der Waals surface area contributed by atoms with Gasteiger partial charge in [-0.05, 0) is 41.8 Å². The summed E-state index contributed by atoms with van der Waals surface area (Å²) in [7, 11) is 1.54. The molecule has 28 heavy (non-hydrogen) atoms. The lowest BCUT2D eigenvalue weighted by molar-refractivity contribution is -0.124. The molecule has 2 aromatic rings. The second-order valence-corrected chi connectivity index (χ2v) is 6.83. The average molecular weight is 384 g/mol. The molecule has 7 nitrogen and oxygen atoms in total. The Morgan fingerprint density at radius 3 is 2.64 bits per heavy atom. The van der Waals surface area contributed by atoms with Crippen LogP contribution in [0.25, 0.3) is 0 Å². The van der Waals surface area contributed by atoms with Gasteiger partial charge in [0.25, 0.3) is 5.91 Å². The van der Waals surface area contributed by atoms with Crippen molar-refractivity contribution in [2.45, 2.75) is 26.4 Å². The standard InChI is InChI=1S/C21H24N2O5/c1-13(2)19(23-20(24)15-5-4-6-16(10-15)26-3)21(25)22-11-14-7-8-17-18(9-14)28-12-27-17/h4-10,13,19H,11-12H2,1-3H3,(H,22,25)(H,23,24)/t19-/m0/s1. The molecular formula is C21H24N2O5. The van der Waals surface area contributed by atoms with E-state index in [9.17, 15) is 9.59 Å². The van der Waals surface area contributed by atoms with Crippen LogP contribution in [0.2, 0.25) is 0 Å². The van der Waals surface area contributed by atoms with Crippen LogP contribution in [0.15, 0.2) is 42.5 Å². The van der Waals surface area contributed by atoms with Gasteiger partial charge in [0.05, 0.1) is 7.11 Å². The minimum absolute atomic E-state index is 0.0775. The lowest BCUT2D eigenvalue weighted by Crippen LogP contribution is -2.49. The molecule has 2 N–H and O–H groups in total. The highest BCUT2D eigenvalue weighted by Gasteiger charge is 2.25. The summed E-state index contributed by atoms with van der Waals surface area (Å²) in [6.07, 6.45) is 0. The van der Waals surface area contributed by atoms with Gasteiger partial charge in [-0.25, -0.2) is 0 Å². The number of carbonyl (C=O) groups excluding carboxylic acids is 2. The first kappa shape index (κ1) is 19.5. The zero-order valence-electron chi connectivity index (χ0n) is 16.2. The molecule has 1 atom stereocenters. The summed E-state index contributed by atoms with van der Waals surface area (Å²) in [5.74, 6) is 1.30. The van der Waals surface area contributed by atoms with Gasteiger partial charge in [-0.1, -0.05) is 26.0 Å². The smallest absolute Gasteiger partial charge is 0.252 e. The molecule has 3 rings (SSSR count). The van der Waals surface area contributed by atoms with Crippen molar-refractivity contribution in [2.24, 2.45) is 5.92 Å². The molecule has 0 bridgehead atoms. The molecule has 1 aliphatic rings. The van der Waals surface area contributed by atoms with Crippen molar-refractivity contribution in [3.05, 3.63) is 53.6 Å². The van der Waals surface area contributed by atoms with Crippen LogP contribution in [0.3, 0.4) is 0 Å². The number of hydrogen-bond donors (Lipinski definition) is 2. The molecule has 1 heterocycles. The van der Waals surface area contributed by atoms with Gasteiger partial charge in [0.2, 0.25) is 12.7 Å². The number of rotatable bonds is 7. The van der Waals surface area contributed by atoms with E-state index < -0.39 is 6.04 Å². The molecule has 0 saturated heterocycles. The van der Waals surface area contributed by atoms with E-state index in [1.807, 2.05) is 32.0 Å². The van der Waals surface area contributed by atoms with Crippen LogP contribution in [0.1, 0.15) is 29.8 Å². The van der Waals surface area contributed by atoms with E-state index in [1.165, 1.54) is 7.11 Å². The fourth-order valence-corrected chi connectivity index (χ4v) is 2.87. The first-order valence-electron chi connectivity index (χ1n) is 9.09. The molecular weight excluding hydrogens is 360 g/mol. The summed E-state index contributed by atoms with van der Waals surface area (Å²) >= 11 is 0. The fourth-order valence-electron chi connectivity index (χ4n) is 2.87. The number of hydrogen-bond acceptors (Lipinski definition) is 5. The highest BCUT2D eigenvalue weighted by Crippen LogP contribution is 2.32. The second kappa shape index (κ2) is 8.65. The predicted octanol–water partition coefficient (Wildman–Crippen LogP) is 2.49. The Bertz CT molecular complexity index is 866. The molecule has 148 valence electrons. The molecule has 0 aromatic heterocycles. The molecule has 0 spiro atoms. The minimum atomic E-state index is -0.660. The maximum absolute atomic E-state index is 12.7. The zero-order valence-corrected chi connectivity index (χ0v) is 16.2. The molecule has 0 fully saturated rings. The summed E-state index contributed by atoms with van der Waals surface area (Å²) < 4.78 is 15.8. The van der Waals surface area contributed by atoms with Crippen LogP contribution in [0.5, 0.6) is 17.2 Å². The number of nitrogens with one attached hydrogen (secondary N) is 2. The maximum Gasteiger partial charge on any atom is 0.252 e. The van der Waals surface area contributed by atoms with Gasteiger partial charge in [0.15, 0.2) is 11.5 Å². The lowest BCUT2D eigenvalue weighted by Gasteiger charge is -2.22. The Kier molecular flexibility index (Phi) is 6.03. The summed E-state index contributed by atoms with van der Waals surface area (Å²) in [6, 6.07) is 11.7. The molecule has 0 radical (unpaired) electrons. The van der Waals surface area contributed by atoms with Crippen LogP contribution in [0, 0.1) is 5.92 Å². The number of ether oxygens (including phenoxy) is 3. The van der Waals surface area contributed by atoms with E-state index in [-0.39, 0.29) is 24.5 Å². The van der Waals surface area contributed by atoms with E-state index in [0.717, 1.165) is 5.56 Å². The Balaban J connectivity index is 1.62. The summed E-state index contributed by atoms with van der Waals surface area (Å²) in [4.78, 5) is 25.2. The Morgan fingerprint density at radius 1 is 1.11 bits per heavy atom. The van der Waals surface area contributed by atoms with Crippen molar-refractivity contribution in [2.75, 3.05) is 13.9 Å². The SMILES string of the molecule is COc1cccc(C(=O)N[C@H](C(=O)NCc2ccc3c(c2)OCO3)C(C)C)c1. The monoisotopic (exact) mass is 384 g/mol. The van der Waals surface area contributed by atoms with Gasteiger partial charge in [-0.3, -0.25) is 9.59 Å². The van der Waals surface area contributed by atoms with Crippen molar-refractivity contribution in [1.29, 1.82) is 0 Å². The van der Waals surface area contributed by atoms with Gasteiger partial charge >= 0.3 is 0 Å². The molecule has 0 saturated carbocycles. The molecule has 2 aromatic carbocycles. The fraction of sp³-hybridized carbons (Fsp3) is 0.333. The number of amides is 2. The Hall–Kier alpha value is -3.22. The summed E-state index contributed by atoms with van der Waals surface area (Å²) in [6.45, 7) is 4.30. The third kappa shape index (κ3) is 4.54. The number of fused-ring (bicyclic) bond motifs is 1. The van der Waals surface area contributed by atoms with Crippen molar-refractivity contribution < 1.29 is 23.8 Å². The van der Waals surface area contributed by atoms with Crippen LogP contribution >= 0.6 is 0 Å². The average Bonchev–Trinajstić information content (AvgIpc) is 3.17. The largest absolute Gasteiger partial charge is 0.497 e. The third-order valence-electron chi connectivity index (χ3n) is 4.47. The quantitative estimate of drug-likeness (QED) is 0.766. The Morgan fingerprint density at radius 2 is 1.89 bits per heavy atom. The predicted molar refractivity (Wildman–Crippen MR) is 103 cm³/mol. The minimum Gasteiger partial charge on any atom is -0.497 e. The molecule has 2 amide bonds. The van der Waals surface area contributed by atoms with E-state index in [2.05, 4.69) is 10.6 Å². The van der Waals surface area contributed by atoms with Crippen LogP contribution in [-0.4, -0.2) is 31.8 Å². The molecule has 0 aliphatic carbocycles. The highest BCUT2D eigenvalue weighted by atomic mass is 16.7. The maximum atomic E-state index is 12.7. The summed E-state index contributed by atoms with van der Waals surface area (Å²) in [5, 5.41) is 5.69. The van der Waals surface area contributed by atoms with E-state index in [0.29, 0.717) is 29.4 Å². The van der Waals surface area contributed by atoms with Crippen molar-refractivity contribution >= 4 is 11.8 Å². The van der Waals surface area contributed by atoms with Crippen LogP contribution in [-0.2, 0) is 11.3 Å². The molecule has 7 heteroatoms.